The van der Waals surface area contributed by atoms with E-state index in [2.05, 4.69) is 12.2 Å². The molecule has 0 radical (unpaired) electrons. The summed E-state index contributed by atoms with van der Waals surface area (Å²) < 4.78 is 9.84. The normalized spacial score (nSPS) is 32.0. The molecular formula is C26H36N2O6S. The number of amides is 2. The van der Waals surface area contributed by atoms with Crippen LogP contribution in [0.4, 0.5) is 5.69 Å². The summed E-state index contributed by atoms with van der Waals surface area (Å²) in [6, 6.07) is 5.73. The van der Waals surface area contributed by atoms with Gasteiger partial charge in [0.25, 0.3) is 0 Å². The van der Waals surface area contributed by atoms with Crippen LogP contribution in [-0.4, -0.2) is 70.2 Å². The standard InChI is InChI=1S/C26H36N2O6S/c1-6-34-25(32)20-19-12-15(4)26(35-19)21(20)24(31)28(17(13-29)11-14(2)3)22(26)23(30)27-16-7-9-18(33-5)10-8-16/h7-10,14-15,17,19-22,29H,6,11-13H2,1-5H3,(H,27,30)/t15?,17-,19+,20-,21+,22?,26?/m1/s1. The van der Waals surface area contributed by atoms with Gasteiger partial charge in [-0.15, -0.1) is 11.8 Å². The highest BCUT2D eigenvalue weighted by atomic mass is 32.2. The predicted molar refractivity (Wildman–Crippen MR) is 134 cm³/mol. The molecule has 3 heterocycles. The van der Waals surface area contributed by atoms with Crippen LogP contribution >= 0.6 is 11.8 Å². The topological polar surface area (TPSA) is 105 Å². The van der Waals surface area contributed by atoms with E-state index in [1.54, 1.807) is 55.0 Å². The molecule has 9 heteroatoms. The van der Waals surface area contributed by atoms with Gasteiger partial charge in [-0.1, -0.05) is 20.8 Å². The number of fused-ring (bicyclic) bond motifs is 1. The zero-order valence-electron chi connectivity index (χ0n) is 21.0. The van der Waals surface area contributed by atoms with Gasteiger partial charge in [0, 0.05) is 10.9 Å². The van der Waals surface area contributed by atoms with Gasteiger partial charge in [0.1, 0.15) is 11.8 Å². The summed E-state index contributed by atoms with van der Waals surface area (Å²) in [5.74, 6) is -1.17. The lowest BCUT2D eigenvalue weighted by Crippen LogP contribution is -2.57. The summed E-state index contributed by atoms with van der Waals surface area (Å²) in [4.78, 5) is 42.6. The second-order valence-electron chi connectivity index (χ2n) is 10.2. The van der Waals surface area contributed by atoms with Crippen LogP contribution in [0, 0.1) is 23.7 Å². The smallest absolute Gasteiger partial charge is 0.310 e. The molecule has 2 bridgehead atoms. The van der Waals surface area contributed by atoms with E-state index in [1.807, 2.05) is 13.8 Å². The molecule has 0 saturated carbocycles. The number of carbonyl (C=O) groups excluding carboxylic acids is 3. The number of anilines is 1. The molecule has 2 amide bonds. The van der Waals surface area contributed by atoms with Crippen LogP contribution < -0.4 is 10.1 Å². The van der Waals surface area contributed by atoms with Gasteiger partial charge in [-0.3, -0.25) is 14.4 Å². The Morgan fingerprint density at radius 1 is 1.29 bits per heavy atom. The number of hydrogen-bond donors (Lipinski definition) is 2. The van der Waals surface area contributed by atoms with Crippen LogP contribution in [0.15, 0.2) is 24.3 Å². The summed E-state index contributed by atoms with van der Waals surface area (Å²) in [6.07, 6.45) is 1.30. The fraction of sp³-hybridized carbons (Fsp3) is 0.654. The van der Waals surface area contributed by atoms with Gasteiger partial charge >= 0.3 is 5.97 Å². The number of aliphatic hydroxyl groups is 1. The second-order valence-corrected chi connectivity index (χ2v) is 11.8. The number of thioether (sulfide) groups is 1. The fourth-order valence-corrected chi connectivity index (χ4v) is 8.76. The summed E-state index contributed by atoms with van der Waals surface area (Å²) in [7, 11) is 1.58. The number of esters is 1. The number of rotatable bonds is 9. The Bertz CT molecular complexity index is 969. The third-order valence-electron chi connectivity index (χ3n) is 7.70. The van der Waals surface area contributed by atoms with Gasteiger partial charge in [0.05, 0.1) is 42.9 Å². The van der Waals surface area contributed by atoms with E-state index >= 15 is 0 Å². The molecule has 35 heavy (non-hydrogen) atoms. The number of methoxy groups -OCH3 is 1. The minimum atomic E-state index is -0.803. The quantitative estimate of drug-likeness (QED) is 0.498. The molecule has 3 saturated heterocycles. The molecule has 4 rings (SSSR count). The van der Waals surface area contributed by atoms with Crippen molar-refractivity contribution in [3.63, 3.8) is 0 Å². The number of likely N-dealkylation sites (tertiary alicyclic amines) is 1. The molecule has 1 aromatic rings. The van der Waals surface area contributed by atoms with Crippen LogP contribution in [0.3, 0.4) is 0 Å². The van der Waals surface area contributed by atoms with Crippen LogP contribution in [0.25, 0.3) is 0 Å². The van der Waals surface area contributed by atoms with Crippen molar-refractivity contribution >= 4 is 35.2 Å². The summed E-state index contributed by atoms with van der Waals surface area (Å²) in [5.41, 5.74) is 0.597. The van der Waals surface area contributed by atoms with Crippen molar-refractivity contribution in [2.75, 3.05) is 25.6 Å². The SMILES string of the molecule is CCOC(=O)[C@@H]1[C@@H]2CC(C)C3(S2)C(C(=O)Nc2ccc(OC)cc2)N([C@@H](CO)CC(C)C)C(=O)[C@H]13. The molecule has 3 aliphatic rings. The molecule has 0 aromatic heterocycles. The maximum Gasteiger partial charge on any atom is 0.310 e. The van der Waals surface area contributed by atoms with E-state index in [-0.39, 0.29) is 48.1 Å². The number of ether oxygens (including phenoxy) is 2. The summed E-state index contributed by atoms with van der Waals surface area (Å²) >= 11 is 1.60. The van der Waals surface area contributed by atoms with Crippen molar-refractivity contribution < 1.29 is 29.0 Å². The molecule has 1 aromatic carbocycles. The van der Waals surface area contributed by atoms with Gasteiger partial charge in [-0.2, -0.15) is 0 Å². The highest BCUT2D eigenvalue weighted by molar-refractivity contribution is 8.02. The molecule has 7 atom stereocenters. The maximum atomic E-state index is 14.1. The van der Waals surface area contributed by atoms with E-state index < -0.39 is 28.7 Å². The molecule has 3 aliphatic heterocycles. The number of nitrogens with zero attached hydrogens (tertiary/aromatic N) is 1. The number of aliphatic hydroxyl groups excluding tert-OH is 1. The Kier molecular flexibility index (Phi) is 7.38. The molecule has 3 unspecified atom stereocenters. The Labute approximate surface area is 211 Å². The zero-order valence-corrected chi connectivity index (χ0v) is 21.8. The van der Waals surface area contributed by atoms with Crippen molar-refractivity contribution in [2.45, 2.75) is 62.6 Å². The predicted octanol–water partition coefficient (Wildman–Crippen LogP) is 2.94. The average Bonchev–Trinajstić information content (AvgIpc) is 3.41. The van der Waals surface area contributed by atoms with Crippen molar-refractivity contribution in [2.24, 2.45) is 23.7 Å². The first-order valence-corrected chi connectivity index (χ1v) is 13.3. The van der Waals surface area contributed by atoms with Gasteiger partial charge < -0.3 is 24.8 Å². The van der Waals surface area contributed by atoms with Crippen molar-refractivity contribution in [1.29, 1.82) is 0 Å². The van der Waals surface area contributed by atoms with E-state index in [1.165, 1.54) is 0 Å². The van der Waals surface area contributed by atoms with Gasteiger partial charge in [-0.25, -0.2) is 0 Å². The first-order chi connectivity index (χ1) is 16.7. The fourth-order valence-electron chi connectivity index (χ4n) is 6.36. The van der Waals surface area contributed by atoms with Crippen LogP contribution in [0.1, 0.15) is 40.5 Å². The molecular weight excluding hydrogens is 468 g/mol. The monoisotopic (exact) mass is 504 g/mol. The summed E-state index contributed by atoms with van der Waals surface area (Å²) in [5, 5.41) is 13.3. The van der Waals surface area contributed by atoms with Crippen molar-refractivity contribution in [3.8, 4) is 5.75 Å². The van der Waals surface area contributed by atoms with Crippen LogP contribution in [0.5, 0.6) is 5.75 Å². The number of benzene rings is 1. The zero-order chi connectivity index (χ0) is 25.5. The van der Waals surface area contributed by atoms with Gasteiger partial charge in [-0.05, 0) is 55.9 Å². The Hall–Kier alpha value is -2.26. The first kappa shape index (κ1) is 25.8. The molecule has 8 nitrogen and oxygen atoms in total. The third-order valence-corrected chi connectivity index (χ3v) is 9.77. The number of hydrogen-bond acceptors (Lipinski definition) is 7. The number of carbonyl (C=O) groups is 3. The number of nitrogens with one attached hydrogen (secondary N) is 1. The third kappa shape index (κ3) is 4.20. The van der Waals surface area contributed by atoms with Crippen molar-refractivity contribution in [1.82, 2.24) is 4.90 Å². The first-order valence-electron chi connectivity index (χ1n) is 12.4. The molecule has 0 aliphatic carbocycles. The van der Waals surface area contributed by atoms with E-state index in [9.17, 15) is 19.5 Å². The van der Waals surface area contributed by atoms with Crippen molar-refractivity contribution in [3.05, 3.63) is 24.3 Å². The molecule has 3 fully saturated rings. The summed E-state index contributed by atoms with van der Waals surface area (Å²) in [6.45, 7) is 7.88. The maximum absolute atomic E-state index is 14.1. The molecule has 2 N–H and O–H groups in total. The Morgan fingerprint density at radius 3 is 2.54 bits per heavy atom. The Balaban J connectivity index is 1.76. The van der Waals surface area contributed by atoms with Gasteiger partial charge in [0.15, 0.2) is 0 Å². The lowest BCUT2D eigenvalue weighted by atomic mass is 9.66. The van der Waals surface area contributed by atoms with E-state index in [4.69, 9.17) is 9.47 Å². The molecule has 192 valence electrons. The highest BCUT2D eigenvalue weighted by Crippen LogP contribution is 2.69. The van der Waals surface area contributed by atoms with Crippen LogP contribution in [-0.2, 0) is 19.1 Å². The minimum Gasteiger partial charge on any atom is -0.497 e. The van der Waals surface area contributed by atoms with E-state index in [0.717, 1.165) is 6.42 Å². The van der Waals surface area contributed by atoms with Crippen LogP contribution in [0.2, 0.25) is 0 Å². The highest BCUT2D eigenvalue weighted by Gasteiger charge is 2.76. The lowest BCUT2D eigenvalue weighted by molar-refractivity contribution is -0.154. The van der Waals surface area contributed by atoms with E-state index in [0.29, 0.717) is 17.9 Å². The lowest BCUT2D eigenvalue weighted by Gasteiger charge is -2.40. The minimum absolute atomic E-state index is 0.0483. The largest absolute Gasteiger partial charge is 0.497 e. The second kappa shape index (κ2) is 10.0. The average molecular weight is 505 g/mol. The Morgan fingerprint density at radius 2 is 1.97 bits per heavy atom. The van der Waals surface area contributed by atoms with Gasteiger partial charge in [0.2, 0.25) is 11.8 Å². The molecule has 1 spiro atoms.